The molecule has 5 rings (SSSR count). The predicted molar refractivity (Wildman–Crippen MR) is 115 cm³/mol. The van der Waals surface area contributed by atoms with Crippen molar-refractivity contribution in [3.63, 3.8) is 0 Å². The van der Waals surface area contributed by atoms with Crippen molar-refractivity contribution in [3.8, 4) is 0 Å². The van der Waals surface area contributed by atoms with Gasteiger partial charge >= 0.3 is 5.76 Å². The number of fused-ring (bicyclic) bond motifs is 1. The molecule has 3 aromatic carbocycles. The van der Waals surface area contributed by atoms with Gasteiger partial charge in [0.25, 0.3) is 0 Å². The van der Waals surface area contributed by atoms with Gasteiger partial charge in [0.1, 0.15) is 0 Å². The lowest BCUT2D eigenvalue weighted by molar-refractivity contribution is 0.123. The first kappa shape index (κ1) is 17.8. The summed E-state index contributed by atoms with van der Waals surface area (Å²) in [7, 11) is 1.72. The van der Waals surface area contributed by atoms with Crippen LogP contribution in [-0.2, 0) is 7.05 Å². The van der Waals surface area contributed by atoms with E-state index in [1.807, 2.05) is 18.2 Å². The highest BCUT2D eigenvalue weighted by molar-refractivity contribution is 5.77. The molecule has 29 heavy (non-hydrogen) atoms. The number of nitrogens with zero attached hydrogens (tertiary/aromatic N) is 2. The Morgan fingerprint density at radius 1 is 0.931 bits per heavy atom. The van der Waals surface area contributed by atoms with Gasteiger partial charge in [0.05, 0.1) is 17.6 Å². The summed E-state index contributed by atoms with van der Waals surface area (Å²) in [6.07, 6.45) is 0. The number of rotatable bonds is 5. The third-order valence-electron chi connectivity index (χ3n) is 5.67. The van der Waals surface area contributed by atoms with Crippen molar-refractivity contribution in [1.29, 1.82) is 0 Å². The largest absolute Gasteiger partial charge is 0.419 e. The molecule has 5 heteroatoms. The zero-order chi connectivity index (χ0) is 19.8. The molecule has 0 atom stereocenters. The van der Waals surface area contributed by atoms with E-state index in [9.17, 15) is 4.79 Å². The van der Waals surface area contributed by atoms with Gasteiger partial charge in [-0.1, -0.05) is 60.7 Å². The van der Waals surface area contributed by atoms with Gasteiger partial charge in [-0.05, 0) is 23.3 Å². The van der Waals surface area contributed by atoms with E-state index in [4.69, 9.17) is 4.42 Å². The van der Waals surface area contributed by atoms with Crippen molar-refractivity contribution in [3.05, 3.63) is 101 Å². The van der Waals surface area contributed by atoms with Gasteiger partial charge < -0.3 is 9.73 Å². The van der Waals surface area contributed by atoms with Crippen molar-refractivity contribution in [2.75, 3.05) is 18.4 Å². The average molecular weight is 385 g/mol. The molecule has 5 nitrogen and oxygen atoms in total. The lowest BCUT2D eigenvalue weighted by atomic mass is 9.93. The third kappa shape index (κ3) is 3.34. The summed E-state index contributed by atoms with van der Waals surface area (Å²) in [6.45, 7) is 1.90. The monoisotopic (exact) mass is 385 g/mol. The molecular weight excluding hydrogens is 362 g/mol. The quantitative estimate of drug-likeness (QED) is 0.564. The van der Waals surface area contributed by atoms with Crippen LogP contribution in [0.4, 0.5) is 5.69 Å². The Hall–Kier alpha value is -3.31. The fourth-order valence-corrected chi connectivity index (χ4v) is 4.16. The van der Waals surface area contributed by atoms with Crippen LogP contribution in [0.1, 0.15) is 17.2 Å². The molecule has 1 aliphatic rings. The van der Waals surface area contributed by atoms with Crippen LogP contribution < -0.4 is 11.1 Å². The molecule has 0 aliphatic carbocycles. The highest BCUT2D eigenvalue weighted by atomic mass is 16.4. The first-order chi connectivity index (χ1) is 14.2. The van der Waals surface area contributed by atoms with Crippen LogP contribution >= 0.6 is 0 Å². The number of likely N-dealkylation sites (tertiary alicyclic amines) is 1. The topological polar surface area (TPSA) is 50.4 Å². The van der Waals surface area contributed by atoms with Gasteiger partial charge in [-0.25, -0.2) is 4.79 Å². The zero-order valence-corrected chi connectivity index (χ0v) is 16.3. The third-order valence-corrected chi connectivity index (χ3v) is 5.67. The Morgan fingerprint density at radius 2 is 1.55 bits per heavy atom. The SMILES string of the molecule is Cn1c(=O)oc2cc(NC3CN(C(c4ccccc4)c4ccccc4)C3)ccc21. The van der Waals surface area contributed by atoms with Crippen molar-refractivity contribution >= 4 is 16.8 Å². The molecule has 0 unspecified atom stereocenters. The molecule has 4 aromatic rings. The van der Waals surface area contributed by atoms with Crippen molar-refractivity contribution in [1.82, 2.24) is 9.47 Å². The summed E-state index contributed by atoms with van der Waals surface area (Å²) in [4.78, 5) is 14.2. The zero-order valence-electron chi connectivity index (χ0n) is 16.3. The van der Waals surface area contributed by atoms with E-state index in [-0.39, 0.29) is 11.8 Å². The van der Waals surface area contributed by atoms with Crippen LogP contribution in [-0.4, -0.2) is 28.6 Å². The summed E-state index contributed by atoms with van der Waals surface area (Å²) in [6, 6.07) is 27.8. The van der Waals surface area contributed by atoms with Crippen LogP contribution in [0.2, 0.25) is 0 Å². The van der Waals surface area contributed by atoms with Gasteiger partial charge in [-0.2, -0.15) is 0 Å². The number of hydrogen-bond donors (Lipinski definition) is 1. The number of anilines is 1. The highest BCUT2D eigenvalue weighted by Crippen LogP contribution is 2.33. The Kier molecular flexibility index (Phi) is 4.45. The van der Waals surface area contributed by atoms with E-state index in [0.29, 0.717) is 11.6 Å². The second-order valence-electron chi connectivity index (χ2n) is 7.63. The number of hydrogen-bond acceptors (Lipinski definition) is 4. The van der Waals surface area contributed by atoms with Gasteiger partial charge in [0.15, 0.2) is 5.58 Å². The standard InChI is InChI=1S/C24H23N3O2/c1-26-21-13-12-19(14-22(21)29-24(26)28)25-20-15-27(16-20)23(17-8-4-2-5-9-17)18-10-6-3-7-11-18/h2-14,20,23,25H,15-16H2,1H3. The van der Waals surface area contributed by atoms with Gasteiger partial charge in [-0.3, -0.25) is 9.47 Å². The number of aromatic nitrogens is 1. The smallest absolute Gasteiger partial charge is 0.408 e. The molecular formula is C24H23N3O2. The second kappa shape index (κ2) is 7.26. The predicted octanol–water partition coefficient (Wildman–Crippen LogP) is 4.02. The van der Waals surface area contributed by atoms with Gasteiger partial charge in [0, 0.05) is 31.9 Å². The number of oxazole rings is 1. The molecule has 1 saturated heterocycles. The molecule has 1 aromatic heterocycles. The maximum atomic E-state index is 11.7. The Bertz CT molecular complexity index is 1140. The first-order valence-electron chi connectivity index (χ1n) is 9.89. The molecule has 2 heterocycles. The fraction of sp³-hybridized carbons (Fsp3) is 0.208. The molecule has 1 N–H and O–H groups in total. The van der Waals surface area contributed by atoms with Crippen LogP contribution in [0.15, 0.2) is 88.1 Å². The Morgan fingerprint density at radius 3 is 2.17 bits per heavy atom. The number of nitrogens with one attached hydrogen (secondary N) is 1. The van der Waals surface area contributed by atoms with Crippen LogP contribution in [0.3, 0.4) is 0 Å². The summed E-state index contributed by atoms with van der Waals surface area (Å²) >= 11 is 0. The Labute approximate surface area is 169 Å². The summed E-state index contributed by atoms with van der Waals surface area (Å²) in [5.74, 6) is -0.333. The van der Waals surface area contributed by atoms with Crippen molar-refractivity contribution in [2.24, 2.45) is 7.05 Å². The minimum absolute atomic E-state index is 0.255. The molecule has 0 saturated carbocycles. The molecule has 1 aliphatic heterocycles. The van der Waals surface area contributed by atoms with Crippen molar-refractivity contribution < 1.29 is 4.42 Å². The molecule has 0 radical (unpaired) electrons. The molecule has 0 spiro atoms. The lowest BCUT2D eigenvalue weighted by Gasteiger charge is -2.45. The molecule has 0 bridgehead atoms. The highest BCUT2D eigenvalue weighted by Gasteiger charge is 2.34. The Balaban J connectivity index is 1.33. The van der Waals surface area contributed by atoms with E-state index in [1.54, 1.807) is 7.05 Å². The van der Waals surface area contributed by atoms with Crippen LogP contribution in [0.5, 0.6) is 0 Å². The van der Waals surface area contributed by atoms with E-state index < -0.39 is 0 Å². The molecule has 146 valence electrons. The second-order valence-corrected chi connectivity index (χ2v) is 7.63. The average Bonchev–Trinajstić information content (AvgIpc) is 3.01. The summed E-state index contributed by atoms with van der Waals surface area (Å²) in [5.41, 5.74) is 5.02. The van der Waals surface area contributed by atoms with Crippen LogP contribution in [0, 0.1) is 0 Å². The van der Waals surface area contributed by atoms with Crippen LogP contribution in [0.25, 0.3) is 11.1 Å². The molecule has 1 fully saturated rings. The maximum Gasteiger partial charge on any atom is 0.419 e. The normalized spacial score (nSPS) is 15.0. The van der Waals surface area contributed by atoms with Gasteiger partial charge in [0.2, 0.25) is 0 Å². The van der Waals surface area contributed by atoms with E-state index in [2.05, 4.69) is 70.9 Å². The number of aryl methyl sites for hydroxylation is 1. The van der Waals surface area contributed by atoms with E-state index in [1.165, 1.54) is 15.7 Å². The summed E-state index contributed by atoms with van der Waals surface area (Å²) in [5, 5.41) is 3.57. The minimum atomic E-state index is -0.333. The minimum Gasteiger partial charge on any atom is -0.408 e. The summed E-state index contributed by atoms with van der Waals surface area (Å²) < 4.78 is 6.83. The van der Waals surface area contributed by atoms with E-state index in [0.717, 1.165) is 24.3 Å². The fourth-order valence-electron chi connectivity index (χ4n) is 4.16. The van der Waals surface area contributed by atoms with Gasteiger partial charge in [-0.15, -0.1) is 0 Å². The lowest BCUT2D eigenvalue weighted by Crippen LogP contribution is -2.55. The van der Waals surface area contributed by atoms with E-state index >= 15 is 0 Å². The molecule has 0 amide bonds. The first-order valence-corrected chi connectivity index (χ1v) is 9.89. The van der Waals surface area contributed by atoms with Crippen molar-refractivity contribution in [2.45, 2.75) is 12.1 Å². The number of benzene rings is 3. The maximum absolute atomic E-state index is 11.7.